The maximum absolute atomic E-state index is 6.79. The molecule has 290 valence electrons. The first-order valence-corrected chi connectivity index (χ1v) is 21.9. The lowest BCUT2D eigenvalue weighted by Gasteiger charge is -2.27. The van der Waals surface area contributed by atoms with E-state index in [0.717, 1.165) is 61.0 Å². The Hall–Kier alpha value is -7.92. The fourth-order valence-electron chi connectivity index (χ4n) is 9.86. The third-order valence-electron chi connectivity index (χ3n) is 12.6. The number of nitrogens with zero attached hydrogens (tertiary/aromatic N) is 2. The van der Waals surface area contributed by atoms with Crippen LogP contribution in [-0.2, 0) is 0 Å². The lowest BCUT2D eigenvalue weighted by atomic mass is 9.98. The molecule has 13 rings (SSSR count). The van der Waals surface area contributed by atoms with Crippen LogP contribution in [0.4, 0.5) is 17.1 Å². The molecule has 10 aromatic carbocycles. The summed E-state index contributed by atoms with van der Waals surface area (Å²) < 4.78 is 11.8. The summed E-state index contributed by atoms with van der Waals surface area (Å²) in [6, 6.07) is 79.2. The number of hydrogen-bond acceptors (Lipinski definition) is 3. The van der Waals surface area contributed by atoms with Gasteiger partial charge in [0.15, 0.2) is 0 Å². The summed E-state index contributed by atoms with van der Waals surface area (Å²) in [4.78, 5) is 2.43. The highest BCUT2D eigenvalue weighted by Crippen LogP contribution is 2.47. The van der Waals surface area contributed by atoms with E-state index >= 15 is 0 Å². The molecule has 0 bridgehead atoms. The first-order chi connectivity index (χ1) is 30.8. The van der Waals surface area contributed by atoms with Crippen molar-refractivity contribution in [1.82, 2.24) is 4.57 Å². The van der Waals surface area contributed by atoms with Crippen molar-refractivity contribution in [3.8, 4) is 27.9 Å². The SMILES string of the molecule is c1ccc(-n2c3ccccc3c3c(-c4cccc(N(c5cccc(-c6cccc7c6sc6ccccc67)c5)c5cccc6oc7c8ccccc8ccc7c56)c4)cccc32)cc1. The Labute approximate surface area is 361 Å². The van der Waals surface area contributed by atoms with Crippen molar-refractivity contribution in [3.05, 3.63) is 218 Å². The van der Waals surface area contributed by atoms with E-state index in [0.29, 0.717) is 0 Å². The normalized spacial score (nSPS) is 11.9. The van der Waals surface area contributed by atoms with Crippen LogP contribution in [0.15, 0.2) is 223 Å². The van der Waals surface area contributed by atoms with Crippen molar-refractivity contribution in [2.45, 2.75) is 0 Å². The largest absolute Gasteiger partial charge is 0.455 e. The van der Waals surface area contributed by atoms with Crippen LogP contribution in [0, 0.1) is 0 Å². The number of furan rings is 1. The van der Waals surface area contributed by atoms with Gasteiger partial charge in [0.25, 0.3) is 0 Å². The molecule has 0 saturated heterocycles. The van der Waals surface area contributed by atoms with E-state index in [9.17, 15) is 0 Å². The van der Waals surface area contributed by atoms with Gasteiger partial charge in [-0.3, -0.25) is 0 Å². The average Bonchev–Trinajstić information content (AvgIpc) is 4.03. The van der Waals surface area contributed by atoms with Gasteiger partial charge in [0.2, 0.25) is 0 Å². The van der Waals surface area contributed by atoms with Gasteiger partial charge >= 0.3 is 0 Å². The van der Waals surface area contributed by atoms with Gasteiger partial charge < -0.3 is 13.9 Å². The fraction of sp³-hybridized carbons (Fsp3) is 0. The highest BCUT2D eigenvalue weighted by atomic mass is 32.1. The van der Waals surface area contributed by atoms with Crippen molar-refractivity contribution >= 4 is 103 Å². The van der Waals surface area contributed by atoms with Crippen molar-refractivity contribution in [1.29, 1.82) is 0 Å². The Morgan fingerprint density at radius 1 is 0.419 bits per heavy atom. The zero-order valence-electron chi connectivity index (χ0n) is 33.5. The monoisotopic (exact) mass is 808 g/mol. The molecule has 0 N–H and O–H groups in total. The quantitative estimate of drug-likeness (QED) is 0.167. The molecule has 4 heteroatoms. The molecule has 0 atom stereocenters. The van der Waals surface area contributed by atoms with Gasteiger partial charge in [-0.15, -0.1) is 11.3 Å². The van der Waals surface area contributed by atoms with Gasteiger partial charge in [-0.1, -0.05) is 146 Å². The molecule has 0 fully saturated rings. The maximum Gasteiger partial charge on any atom is 0.143 e. The van der Waals surface area contributed by atoms with Gasteiger partial charge in [0, 0.05) is 58.8 Å². The van der Waals surface area contributed by atoms with Crippen LogP contribution in [0.25, 0.3) is 103 Å². The number of thiophene rings is 1. The lowest BCUT2D eigenvalue weighted by Crippen LogP contribution is -2.10. The van der Waals surface area contributed by atoms with E-state index in [1.54, 1.807) is 0 Å². The van der Waals surface area contributed by atoms with Crippen LogP contribution >= 0.6 is 11.3 Å². The molecule has 13 aromatic rings. The van der Waals surface area contributed by atoms with Crippen LogP contribution in [-0.4, -0.2) is 4.57 Å². The van der Waals surface area contributed by atoms with E-state index in [4.69, 9.17) is 4.42 Å². The number of hydrogen-bond donors (Lipinski definition) is 0. The second-order valence-electron chi connectivity index (χ2n) is 16.0. The summed E-state index contributed by atoms with van der Waals surface area (Å²) in [5, 5.41) is 9.53. The third kappa shape index (κ3) is 5.30. The number of benzene rings is 10. The van der Waals surface area contributed by atoms with Crippen LogP contribution < -0.4 is 4.90 Å². The predicted octanol–water partition coefficient (Wildman–Crippen LogP) is 17.0. The molecule has 0 saturated carbocycles. The summed E-state index contributed by atoms with van der Waals surface area (Å²) >= 11 is 1.87. The minimum absolute atomic E-state index is 0.861. The summed E-state index contributed by atoms with van der Waals surface area (Å²) in [5.41, 5.74) is 13.2. The van der Waals surface area contributed by atoms with Gasteiger partial charge in [0.1, 0.15) is 11.2 Å². The molecular weight excluding hydrogens is 773 g/mol. The highest BCUT2D eigenvalue weighted by Gasteiger charge is 2.23. The lowest BCUT2D eigenvalue weighted by molar-refractivity contribution is 0.672. The van der Waals surface area contributed by atoms with Crippen molar-refractivity contribution < 1.29 is 4.42 Å². The zero-order chi connectivity index (χ0) is 40.7. The number of aromatic nitrogens is 1. The third-order valence-corrected chi connectivity index (χ3v) is 13.8. The Kier molecular flexibility index (Phi) is 7.78. The first kappa shape index (κ1) is 34.9. The van der Waals surface area contributed by atoms with Gasteiger partial charge in [-0.25, -0.2) is 0 Å². The van der Waals surface area contributed by atoms with E-state index in [2.05, 4.69) is 228 Å². The fourth-order valence-corrected chi connectivity index (χ4v) is 11.1. The van der Waals surface area contributed by atoms with Crippen LogP contribution in [0.3, 0.4) is 0 Å². The zero-order valence-corrected chi connectivity index (χ0v) is 34.3. The molecular formula is C58H36N2OS. The molecule has 3 aromatic heterocycles. The van der Waals surface area contributed by atoms with Gasteiger partial charge in [-0.05, 0) is 100 Å². The Bertz CT molecular complexity index is 3890. The average molecular weight is 809 g/mol. The molecule has 0 aliphatic heterocycles. The van der Waals surface area contributed by atoms with E-state index in [-0.39, 0.29) is 0 Å². The van der Waals surface area contributed by atoms with Crippen LogP contribution in [0.1, 0.15) is 0 Å². The van der Waals surface area contributed by atoms with Gasteiger partial charge in [0.05, 0.1) is 22.1 Å². The molecule has 3 heterocycles. The minimum Gasteiger partial charge on any atom is -0.455 e. The second kappa shape index (κ2) is 13.8. The molecule has 62 heavy (non-hydrogen) atoms. The van der Waals surface area contributed by atoms with Crippen LogP contribution in [0.2, 0.25) is 0 Å². The van der Waals surface area contributed by atoms with Gasteiger partial charge in [-0.2, -0.15) is 0 Å². The topological polar surface area (TPSA) is 21.3 Å². The molecule has 3 nitrogen and oxygen atoms in total. The van der Waals surface area contributed by atoms with E-state index in [1.165, 1.54) is 58.7 Å². The summed E-state index contributed by atoms with van der Waals surface area (Å²) in [6.45, 7) is 0. The smallest absolute Gasteiger partial charge is 0.143 e. The van der Waals surface area contributed by atoms with E-state index < -0.39 is 0 Å². The minimum atomic E-state index is 0.861. The van der Waals surface area contributed by atoms with Crippen molar-refractivity contribution in [2.24, 2.45) is 0 Å². The second-order valence-corrected chi connectivity index (χ2v) is 17.1. The highest BCUT2D eigenvalue weighted by molar-refractivity contribution is 7.26. The molecule has 0 aliphatic rings. The molecule has 0 spiro atoms. The van der Waals surface area contributed by atoms with E-state index in [1.807, 2.05) is 11.3 Å². The summed E-state index contributed by atoms with van der Waals surface area (Å²) in [7, 11) is 0. The van der Waals surface area contributed by atoms with Crippen LogP contribution in [0.5, 0.6) is 0 Å². The number of para-hydroxylation sites is 2. The first-order valence-electron chi connectivity index (χ1n) is 21.1. The molecule has 0 amide bonds. The molecule has 0 aliphatic carbocycles. The Morgan fingerprint density at radius 2 is 1.06 bits per heavy atom. The Balaban J connectivity index is 1.05. The van der Waals surface area contributed by atoms with Crippen molar-refractivity contribution in [3.63, 3.8) is 0 Å². The molecule has 0 unspecified atom stereocenters. The number of anilines is 3. The summed E-state index contributed by atoms with van der Waals surface area (Å²) in [6.07, 6.45) is 0. The van der Waals surface area contributed by atoms with Crippen molar-refractivity contribution in [2.75, 3.05) is 4.90 Å². The maximum atomic E-state index is 6.79. The Morgan fingerprint density at radius 3 is 1.92 bits per heavy atom. The standard InChI is InChI=1S/C58H36N2OS/c1-2-18-40(19-3-1)60-50-28-8-6-24-48(50)55-43(25-13-29-51(55)60)38-16-10-20-41(35-38)59(52-30-14-31-53-56(52)49-34-33-37-15-4-5-22-44(37)57(49)61-53)42-21-11-17-39(36-42)45-26-12-27-47-46-23-7-9-32-54(46)62-58(45)47/h1-36H. The number of fused-ring (bicyclic) bond motifs is 11. The molecule has 0 radical (unpaired) electrons. The number of rotatable bonds is 6. The predicted molar refractivity (Wildman–Crippen MR) is 264 cm³/mol. The summed E-state index contributed by atoms with van der Waals surface area (Å²) in [5.74, 6) is 0.